The number of aromatic nitrogens is 2. The van der Waals surface area contributed by atoms with Crippen LogP contribution in [-0.2, 0) is 5.75 Å². The summed E-state index contributed by atoms with van der Waals surface area (Å²) in [6.07, 6.45) is 13.9. The minimum absolute atomic E-state index is 0.552. The van der Waals surface area contributed by atoms with Crippen LogP contribution in [0.2, 0.25) is 5.02 Å². The lowest BCUT2D eigenvalue weighted by atomic mass is 10.1. The van der Waals surface area contributed by atoms with Gasteiger partial charge in [0.25, 0.3) is 0 Å². The van der Waals surface area contributed by atoms with Crippen molar-refractivity contribution in [2.24, 2.45) is 0 Å². The first kappa shape index (κ1) is 18.4. The van der Waals surface area contributed by atoms with Crippen molar-refractivity contribution in [3.8, 4) is 0 Å². The third kappa shape index (κ3) is 7.01. The Morgan fingerprint density at radius 1 is 1.13 bits per heavy atom. The second kappa shape index (κ2) is 10.8. The van der Waals surface area contributed by atoms with Crippen LogP contribution in [-0.4, -0.2) is 15.3 Å². The molecule has 0 spiro atoms. The number of halogens is 1. The molecular formula is C19H27ClN2S. The first-order valence-corrected chi connectivity index (χ1v) is 10.1. The number of hydrogen-bond donors (Lipinski definition) is 0. The lowest BCUT2D eigenvalue weighted by Crippen LogP contribution is -2.10. The van der Waals surface area contributed by atoms with E-state index in [1.54, 1.807) is 0 Å². The fraction of sp³-hybridized carbons (Fsp3) is 0.526. The van der Waals surface area contributed by atoms with E-state index in [9.17, 15) is 0 Å². The van der Waals surface area contributed by atoms with Crippen molar-refractivity contribution < 1.29 is 0 Å². The van der Waals surface area contributed by atoms with Crippen LogP contribution in [0.1, 0.15) is 57.1 Å². The number of rotatable bonds is 11. The number of hydrogen-bond acceptors (Lipinski definition) is 2. The van der Waals surface area contributed by atoms with E-state index in [0.717, 1.165) is 16.5 Å². The molecule has 0 saturated carbocycles. The summed E-state index contributed by atoms with van der Waals surface area (Å²) in [5.41, 5.74) is 1.34. The smallest absolute Gasteiger partial charge is 0.0948 e. The van der Waals surface area contributed by atoms with Gasteiger partial charge in [-0.1, -0.05) is 62.8 Å². The zero-order valence-electron chi connectivity index (χ0n) is 14.0. The van der Waals surface area contributed by atoms with Crippen molar-refractivity contribution in [2.45, 2.75) is 57.2 Å². The quantitative estimate of drug-likeness (QED) is 0.438. The van der Waals surface area contributed by atoms with Crippen molar-refractivity contribution in [1.82, 2.24) is 9.55 Å². The summed E-state index contributed by atoms with van der Waals surface area (Å²) in [6.45, 7) is 2.27. The van der Waals surface area contributed by atoms with Crippen molar-refractivity contribution >= 4 is 23.4 Å². The SMILES string of the molecule is CCCCCCCC(CSCc1ccc(Cl)cc1)n1ccnc1. The van der Waals surface area contributed by atoms with Crippen LogP contribution in [0.5, 0.6) is 0 Å². The predicted molar refractivity (Wildman–Crippen MR) is 102 cm³/mol. The summed E-state index contributed by atoms with van der Waals surface area (Å²) in [4.78, 5) is 4.22. The predicted octanol–water partition coefficient (Wildman–Crippen LogP) is 6.37. The van der Waals surface area contributed by atoms with Crippen molar-refractivity contribution in [3.05, 3.63) is 53.6 Å². The lowest BCUT2D eigenvalue weighted by Gasteiger charge is -2.18. The van der Waals surface area contributed by atoms with Gasteiger partial charge in [0.2, 0.25) is 0 Å². The largest absolute Gasteiger partial charge is 0.334 e. The highest BCUT2D eigenvalue weighted by Gasteiger charge is 2.10. The molecule has 2 aromatic rings. The molecule has 1 aromatic heterocycles. The number of nitrogens with zero attached hydrogens (tertiary/aromatic N) is 2. The molecule has 0 radical (unpaired) electrons. The Hall–Kier alpha value is -0.930. The summed E-state index contributed by atoms with van der Waals surface area (Å²) in [6, 6.07) is 8.73. The zero-order valence-corrected chi connectivity index (χ0v) is 15.5. The van der Waals surface area contributed by atoms with Crippen LogP contribution in [0.15, 0.2) is 43.0 Å². The Kier molecular flexibility index (Phi) is 8.62. The van der Waals surface area contributed by atoms with E-state index in [-0.39, 0.29) is 0 Å². The van der Waals surface area contributed by atoms with E-state index >= 15 is 0 Å². The Morgan fingerprint density at radius 3 is 2.61 bits per heavy atom. The van der Waals surface area contributed by atoms with Gasteiger partial charge in [-0.2, -0.15) is 11.8 Å². The van der Waals surface area contributed by atoms with Gasteiger partial charge in [0.1, 0.15) is 0 Å². The summed E-state index contributed by atoms with van der Waals surface area (Å²) in [5, 5.41) is 0.808. The van der Waals surface area contributed by atoms with E-state index < -0.39 is 0 Å². The van der Waals surface area contributed by atoms with E-state index in [2.05, 4.69) is 34.8 Å². The van der Waals surface area contributed by atoms with Gasteiger partial charge in [-0.3, -0.25) is 0 Å². The monoisotopic (exact) mass is 350 g/mol. The van der Waals surface area contributed by atoms with Gasteiger partial charge < -0.3 is 4.57 Å². The van der Waals surface area contributed by atoms with Crippen molar-refractivity contribution in [2.75, 3.05) is 5.75 Å². The maximum absolute atomic E-state index is 5.94. The van der Waals surface area contributed by atoms with E-state index in [1.165, 1.54) is 44.1 Å². The third-order valence-electron chi connectivity index (χ3n) is 4.08. The van der Waals surface area contributed by atoms with Gasteiger partial charge in [0, 0.05) is 35.0 Å². The normalized spacial score (nSPS) is 12.4. The lowest BCUT2D eigenvalue weighted by molar-refractivity contribution is 0.475. The maximum atomic E-state index is 5.94. The summed E-state index contributed by atoms with van der Waals surface area (Å²) in [7, 11) is 0. The molecule has 1 atom stereocenters. The van der Waals surface area contributed by atoms with E-state index in [0.29, 0.717) is 6.04 Å². The highest BCUT2D eigenvalue weighted by atomic mass is 35.5. The highest BCUT2D eigenvalue weighted by molar-refractivity contribution is 7.98. The molecule has 0 amide bonds. The second-order valence-corrected chi connectivity index (χ2v) is 7.47. The molecular weight excluding hydrogens is 324 g/mol. The molecule has 2 rings (SSSR count). The molecule has 0 fully saturated rings. The number of unbranched alkanes of at least 4 members (excludes halogenated alkanes) is 4. The Morgan fingerprint density at radius 2 is 1.91 bits per heavy atom. The molecule has 2 nitrogen and oxygen atoms in total. The van der Waals surface area contributed by atoms with Gasteiger partial charge >= 0.3 is 0 Å². The molecule has 1 unspecified atom stereocenters. The van der Waals surface area contributed by atoms with Crippen LogP contribution >= 0.6 is 23.4 Å². The summed E-state index contributed by atoms with van der Waals surface area (Å²) in [5.74, 6) is 2.17. The zero-order chi connectivity index (χ0) is 16.3. The standard InChI is InChI=1S/C19H27ClN2S/c1-2-3-4-5-6-7-19(22-13-12-21-16-22)15-23-14-17-8-10-18(20)11-9-17/h8-13,16,19H,2-7,14-15H2,1H3. The fourth-order valence-corrected chi connectivity index (χ4v) is 3.96. The van der Waals surface area contributed by atoms with Crippen LogP contribution in [0.3, 0.4) is 0 Å². The van der Waals surface area contributed by atoms with Crippen LogP contribution < -0.4 is 0 Å². The molecule has 0 aliphatic heterocycles. The minimum atomic E-state index is 0.552. The number of imidazole rings is 1. The molecule has 23 heavy (non-hydrogen) atoms. The summed E-state index contributed by atoms with van der Waals surface area (Å²) < 4.78 is 2.27. The topological polar surface area (TPSA) is 17.8 Å². The first-order valence-electron chi connectivity index (χ1n) is 8.59. The highest BCUT2D eigenvalue weighted by Crippen LogP contribution is 2.24. The van der Waals surface area contributed by atoms with Crippen LogP contribution in [0.4, 0.5) is 0 Å². The average molecular weight is 351 g/mol. The molecule has 0 aliphatic carbocycles. The fourth-order valence-electron chi connectivity index (χ4n) is 2.68. The average Bonchev–Trinajstić information content (AvgIpc) is 3.09. The van der Waals surface area contributed by atoms with Gasteiger partial charge in [-0.15, -0.1) is 0 Å². The molecule has 4 heteroatoms. The first-order chi connectivity index (χ1) is 11.3. The van der Waals surface area contributed by atoms with Crippen molar-refractivity contribution in [3.63, 3.8) is 0 Å². The number of thioether (sulfide) groups is 1. The van der Waals surface area contributed by atoms with Crippen LogP contribution in [0, 0.1) is 0 Å². The van der Waals surface area contributed by atoms with Crippen LogP contribution in [0.25, 0.3) is 0 Å². The molecule has 0 bridgehead atoms. The molecule has 1 aromatic carbocycles. The molecule has 0 N–H and O–H groups in total. The summed E-state index contributed by atoms with van der Waals surface area (Å²) >= 11 is 7.94. The van der Waals surface area contributed by atoms with E-state index in [4.69, 9.17) is 11.6 Å². The van der Waals surface area contributed by atoms with E-state index in [1.807, 2.05) is 36.4 Å². The van der Waals surface area contributed by atoms with Gasteiger partial charge in [0.15, 0.2) is 0 Å². The van der Waals surface area contributed by atoms with Gasteiger partial charge in [-0.25, -0.2) is 4.98 Å². The Bertz CT molecular complexity index is 525. The molecule has 0 aliphatic rings. The van der Waals surface area contributed by atoms with Gasteiger partial charge in [0.05, 0.1) is 6.33 Å². The number of benzene rings is 1. The minimum Gasteiger partial charge on any atom is -0.334 e. The maximum Gasteiger partial charge on any atom is 0.0948 e. The molecule has 126 valence electrons. The Labute approximate surface area is 149 Å². The second-order valence-electron chi connectivity index (χ2n) is 6.01. The molecule has 0 saturated heterocycles. The van der Waals surface area contributed by atoms with Crippen molar-refractivity contribution in [1.29, 1.82) is 0 Å². The molecule has 1 heterocycles. The van der Waals surface area contributed by atoms with Gasteiger partial charge in [-0.05, 0) is 24.1 Å². The third-order valence-corrected chi connectivity index (χ3v) is 5.49. The Balaban J connectivity index is 1.77.